The fraction of sp³-hybridized carbons (Fsp3) is 0.556. The standard InChI is InChI=1S/C18H27NO2/c1-2-3-4-5-9-13-17(20)14-10-15-18(21)19-16-11-7-6-8-12-16/h6-8,11-12H,2-5,9-10,13-15H2,1H3,(H,19,21). The van der Waals surface area contributed by atoms with Gasteiger partial charge in [-0.25, -0.2) is 0 Å². The molecule has 3 nitrogen and oxygen atoms in total. The zero-order chi connectivity index (χ0) is 15.3. The van der Waals surface area contributed by atoms with E-state index in [2.05, 4.69) is 12.2 Å². The van der Waals surface area contributed by atoms with Crippen LogP contribution in [0.4, 0.5) is 5.69 Å². The second kappa shape index (κ2) is 11.1. The third kappa shape index (κ3) is 9.01. The maximum Gasteiger partial charge on any atom is 0.224 e. The van der Waals surface area contributed by atoms with E-state index in [1.807, 2.05) is 30.3 Å². The van der Waals surface area contributed by atoms with Crippen LogP contribution < -0.4 is 5.32 Å². The Morgan fingerprint density at radius 2 is 1.52 bits per heavy atom. The van der Waals surface area contributed by atoms with Crippen molar-refractivity contribution in [1.82, 2.24) is 0 Å². The van der Waals surface area contributed by atoms with Crippen molar-refractivity contribution in [3.63, 3.8) is 0 Å². The molecule has 0 atom stereocenters. The van der Waals surface area contributed by atoms with Crippen LogP contribution in [0.5, 0.6) is 0 Å². The van der Waals surface area contributed by atoms with E-state index < -0.39 is 0 Å². The molecule has 0 saturated heterocycles. The van der Waals surface area contributed by atoms with Crippen molar-refractivity contribution >= 4 is 17.4 Å². The highest BCUT2D eigenvalue weighted by molar-refractivity contribution is 5.91. The Labute approximate surface area is 128 Å². The zero-order valence-corrected chi connectivity index (χ0v) is 13.1. The summed E-state index contributed by atoms with van der Waals surface area (Å²) in [5.41, 5.74) is 0.810. The molecule has 21 heavy (non-hydrogen) atoms. The summed E-state index contributed by atoms with van der Waals surface area (Å²) < 4.78 is 0. The minimum absolute atomic E-state index is 0.0167. The number of para-hydroxylation sites is 1. The summed E-state index contributed by atoms with van der Waals surface area (Å²) >= 11 is 0. The molecule has 0 aliphatic carbocycles. The second-order valence-electron chi connectivity index (χ2n) is 5.47. The molecule has 1 rings (SSSR count). The highest BCUT2D eigenvalue weighted by atomic mass is 16.1. The number of ketones is 1. The smallest absolute Gasteiger partial charge is 0.224 e. The van der Waals surface area contributed by atoms with Crippen molar-refractivity contribution in [2.24, 2.45) is 0 Å². The molecule has 3 heteroatoms. The van der Waals surface area contributed by atoms with Crippen molar-refractivity contribution < 1.29 is 9.59 Å². The number of amides is 1. The number of rotatable bonds is 11. The van der Waals surface area contributed by atoms with Gasteiger partial charge in [0.05, 0.1) is 0 Å². The number of nitrogens with one attached hydrogen (secondary N) is 1. The van der Waals surface area contributed by atoms with Crippen LogP contribution in [0.25, 0.3) is 0 Å². The van der Waals surface area contributed by atoms with Gasteiger partial charge in [0, 0.05) is 24.9 Å². The lowest BCUT2D eigenvalue weighted by atomic mass is 10.1. The SMILES string of the molecule is CCCCCCCC(=O)CCCC(=O)Nc1ccccc1. The molecule has 0 saturated carbocycles. The first-order chi connectivity index (χ1) is 10.2. The van der Waals surface area contributed by atoms with Crippen LogP contribution in [0, 0.1) is 0 Å². The first-order valence-corrected chi connectivity index (χ1v) is 8.09. The number of carbonyl (C=O) groups excluding carboxylic acids is 2. The predicted octanol–water partition coefficient (Wildman–Crippen LogP) is 4.73. The number of anilines is 1. The molecule has 1 N–H and O–H groups in total. The number of carbonyl (C=O) groups is 2. The van der Waals surface area contributed by atoms with E-state index in [1.165, 1.54) is 19.3 Å². The molecule has 0 aliphatic heterocycles. The Bertz CT molecular complexity index is 414. The number of unbranched alkanes of at least 4 members (excludes halogenated alkanes) is 4. The molecule has 0 aliphatic rings. The molecule has 0 radical (unpaired) electrons. The van der Waals surface area contributed by atoms with Crippen molar-refractivity contribution in [3.8, 4) is 0 Å². The van der Waals surface area contributed by atoms with Gasteiger partial charge in [0.25, 0.3) is 0 Å². The van der Waals surface area contributed by atoms with Crippen molar-refractivity contribution in [2.45, 2.75) is 64.7 Å². The van der Waals surface area contributed by atoms with Gasteiger partial charge in [-0.2, -0.15) is 0 Å². The Kier molecular flexibility index (Phi) is 9.18. The normalized spacial score (nSPS) is 10.3. The van der Waals surface area contributed by atoms with E-state index >= 15 is 0 Å². The van der Waals surface area contributed by atoms with Crippen LogP contribution >= 0.6 is 0 Å². The lowest BCUT2D eigenvalue weighted by molar-refractivity contribution is -0.119. The molecule has 116 valence electrons. The Morgan fingerprint density at radius 3 is 2.24 bits per heavy atom. The Hall–Kier alpha value is -1.64. The van der Waals surface area contributed by atoms with Crippen LogP contribution in [-0.4, -0.2) is 11.7 Å². The molecular weight excluding hydrogens is 262 g/mol. The fourth-order valence-electron chi connectivity index (χ4n) is 2.24. The summed E-state index contributed by atoms with van der Waals surface area (Å²) in [4.78, 5) is 23.4. The van der Waals surface area contributed by atoms with E-state index in [9.17, 15) is 9.59 Å². The highest BCUT2D eigenvalue weighted by Crippen LogP contribution is 2.10. The molecule has 0 fully saturated rings. The lowest BCUT2D eigenvalue weighted by Gasteiger charge is -2.05. The molecule has 0 bridgehead atoms. The monoisotopic (exact) mass is 289 g/mol. The van der Waals surface area contributed by atoms with E-state index in [-0.39, 0.29) is 5.91 Å². The minimum atomic E-state index is -0.0167. The molecule has 1 aromatic rings. The van der Waals surface area contributed by atoms with Gasteiger partial charge >= 0.3 is 0 Å². The molecule has 1 aromatic carbocycles. The molecule has 0 heterocycles. The molecule has 0 aromatic heterocycles. The quantitative estimate of drug-likeness (QED) is 0.599. The Balaban J connectivity index is 2.04. The van der Waals surface area contributed by atoms with Gasteiger partial charge < -0.3 is 5.32 Å². The van der Waals surface area contributed by atoms with E-state index in [4.69, 9.17) is 0 Å². The molecule has 0 unspecified atom stereocenters. The lowest BCUT2D eigenvalue weighted by Crippen LogP contribution is -2.11. The van der Waals surface area contributed by atoms with Crippen LogP contribution in [0.1, 0.15) is 64.7 Å². The van der Waals surface area contributed by atoms with E-state index in [0.29, 0.717) is 31.5 Å². The van der Waals surface area contributed by atoms with Gasteiger partial charge in [0.1, 0.15) is 5.78 Å². The highest BCUT2D eigenvalue weighted by Gasteiger charge is 2.05. The van der Waals surface area contributed by atoms with Crippen LogP contribution in [0.2, 0.25) is 0 Å². The van der Waals surface area contributed by atoms with Gasteiger partial charge in [-0.05, 0) is 25.0 Å². The Morgan fingerprint density at radius 1 is 0.857 bits per heavy atom. The van der Waals surface area contributed by atoms with Gasteiger partial charge in [-0.1, -0.05) is 50.8 Å². The molecule has 0 spiro atoms. The van der Waals surface area contributed by atoms with Gasteiger partial charge in [-0.3, -0.25) is 9.59 Å². The van der Waals surface area contributed by atoms with Crippen LogP contribution in [-0.2, 0) is 9.59 Å². The average Bonchev–Trinajstić information content (AvgIpc) is 2.48. The maximum atomic E-state index is 11.7. The number of hydrogen-bond acceptors (Lipinski definition) is 2. The third-order valence-corrected chi connectivity index (χ3v) is 3.48. The van der Waals surface area contributed by atoms with Crippen molar-refractivity contribution in [3.05, 3.63) is 30.3 Å². The molecular formula is C18H27NO2. The van der Waals surface area contributed by atoms with Crippen molar-refractivity contribution in [2.75, 3.05) is 5.32 Å². The second-order valence-corrected chi connectivity index (χ2v) is 5.47. The summed E-state index contributed by atoms with van der Waals surface area (Å²) in [6.07, 6.45) is 8.10. The number of hydrogen-bond donors (Lipinski definition) is 1. The fourth-order valence-corrected chi connectivity index (χ4v) is 2.24. The topological polar surface area (TPSA) is 46.2 Å². The maximum absolute atomic E-state index is 11.7. The predicted molar refractivity (Wildman–Crippen MR) is 87.3 cm³/mol. The van der Waals surface area contributed by atoms with Crippen LogP contribution in [0.3, 0.4) is 0 Å². The average molecular weight is 289 g/mol. The van der Waals surface area contributed by atoms with Gasteiger partial charge in [-0.15, -0.1) is 0 Å². The third-order valence-electron chi connectivity index (χ3n) is 3.48. The molecule has 1 amide bonds. The summed E-state index contributed by atoms with van der Waals surface area (Å²) in [5, 5.41) is 2.83. The summed E-state index contributed by atoms with van der Waals surface area (Å²) in [6, 6.07) is 9.41. The van der Waals surface area contributed by atoms with E-state index in [0.717, 1.165) is 18.5 Å². The number of Topliss-reactive ketones (excluding diaryl/α,β-unsaturated/α-hetero) is 1. The van der Waals surface area contributed by atoms with Gasteiger partial charge in [0.2, 0.25) is 5.91 Å². The largest absolute Gasteiger partial charge is 0.326 e. The minimum Gasteiger partial charge on any atom is -0.326 e. The van der Waals surface area contributed by atoms with E-state index in [1.54, 1.807) is 0 Å². The summed E-state index contributed by atoms with van der Waals surface area (Å²) in [7, 11) is 0. The first-order valence-electron chi connectivity index (χ1n) is 8.09. The van der Waals surface area contributed by atoms with Crippen LogP contribution in [0.15, 0.2) is 30.3 Å². The van der Waals surface area contributed by atoms with Crippen molar-refractivity contribution in [1.29, 1.82) is 0 Å². The van der Waals surface area contributed by atoms with Gasteiger partial charge in [0.15, 0.2) is 0 Å². The number of benzene rings is 1. The summed E-state index contributed by atoms with van der Waals surface area (Å²) in [5.74, 6) is 0.274. The summed E-state index contributed by atoms with van der Waals surface area (Å²) in [6.45, 7) is 2.19. The first kappa shape index (κ1) is 17.4. The zero-order valence-electron chi connectivity index (χ0n) is 13.1.